The minimum atomic E-state index is -0.0318. The molecule has 1 N–H and O–H groups in total. The predicted octanol–water partition coefficient (Wildman–Crippen LogP) is 2.11. The lowest BCUT2D eigenvalue weighted by atomic mass is 9.97. The molecule has 3 fully saturated rings. The number of carbonyl (C=O) groups excluding carboxylic acids is 1. The van der Waals surface area contributed by atoms with E-state index in [1.807, 2.05) is 6.07 Å². The van der Waals surface area contributed by atoms with Gasteiger partial charge in [-0.15, -0.1) is 0 Å². The number of amides is 1. The van der Waals surface area contributed by atoms with Gasteiger partial charge in [-0.2, -0.15) is 0 Å². The fraction of sp³-hybridized carbons (Fsp3) is 0.667. The van der Waals surface area contributed by atoms with Crippen LogP contribution < -0.4 is 5.32 Å². The number of aromatic nitrogens is 2. The van der Waals surface area contributed by atoms with Crippen molar-refractivity contribution in [3.63, 3.8) is 0 Å². The molecule has 2 saturated carbocycles. The molecule has 0 bridgehead atoms. The van der Waals surface area contributed by atoms with Crippen LogP contribution in [0.4, 0.5) is 5.95 Å². The highest BCUT2D eigenvalue weighted by atomic mass is 16.5. The molecule has 2 aliphatic carbocycles. The first-order valence-corrected chi connectivity index (χ1v) is 7.56. The molecule has 5 nitrogen and oxygen atoms in total. The molecule has 1 amide bonds. The summed E-state index contributed by atoms with van der Waals surface area (Å²) in [6.07, 6.45) is 7.45. The van der Waals surface area contributed by atoms with E-state index < -0.39 is 0 Å². The van der Waals surface area contributed by atoms with Crippen molar-refractivity contribution >= 4 is 11.9 Å². The van der Waals surface area contributed by atoms with Gasteiger partial charge in [-0.25, -0.2) is 9.97 Å². The van der Waals surface area contributed by atoms with E-state index >= 15 is 0 Å². The second-order valence-corrected chi connectivity index (χ2v) is 6.14. The molecule has 106 valence electrons. The first-order chi connectivity index (χ1) is 9.81. The molecule has 1 aliphatic heterocycles. The second kappa shape index (κ2) is 4.81. The molecule has 0 radical (unpaired) electrons. The van der Waals surface area contributed by atoms with Gasteiger partial charge in [-0.05, 0) is 44.1 Å². The normalized spacial score (nSPS) is 29.4. The number of nitrogens with one attached hydrogen (secondary N) is 1. The zero-order valence-corrected chi connectivity index (χ0v) is 11.4. The zero-order valence-electron chi connectivity index (χ0n) is 11.4. The van der Waals surface area contributed by atoms with E-state index in [0.29, 0.717) is 24.4 Å². The standard InChI is InChI=1S/C15H19N3O2/c19-14(11-6-8-20-13(11)10-3-4-10)18-15-16-7-5-12(17-15)9-1-2-9/h5,7,9-11,13H,1-4,6,8H2,(H,16,17,18,19)/t11-,13+/m1/s1. The van der Waals surface area contributed by atoms with Crippen LogP contribution in [0.1, 0.15) is 43.7 Å². The molecule has 2 heterocycles. The molecule has 1 aromatic heterocycles. The lowest BCUT2D eigenvalue weighted by Gasteiger charge is -2.17. The maximum Gasteiger partial charge on any atom is 0.232 e. The van der Waals surface area contributed by atoms with Crippen LogP contribution in [0.2, 0.25) is 0 Å². The Labute approximate surface area is 118 Å². The van der Waals surface area contributed by atoms with Gasteiger partial charge in [-0.3, -0.25) is 10.1 Å². The summed E-state index contributed by atoms with van der Waals surface area (Å²) in [7, 11) is 0. The molecule has 3 aliphatic rings. The molecule has 1 aromatic rings. The fourth-order valence-corrected chi connectivity index (χ4v) is 3.02. The van der Waals surface area contributed by atoms with Crippen molar-refractivity contribution in [3.05, 3.63) is 18.0 Å². The Morgan fingerprint density at radius 2 is 2.10 bits per heavy atom. The highest BCUT2D eigenvalue weighted by Crippen LogP contribution is 2.42. The Morgan fingerprint density at radius 3 is 2.85 bits per heavy atom. The maximum absolute atomic E-state index is 12.4. The van der Waals surface area contributed by atoms with Crippen LogP contribution in [-0.2, 0) is 9.53 Å². The van der Waals surface area contributed by atoms with E-state index in [0.717, 1.165) is 12.1 Å². The van der Waals surface area contributed by atoms with Gasteiger partial charge < -0.3 is 4.74 Å². The number of anilines is 1. The van der Waals surface area contributed by atoms with Gasteiger partial charge in [0.05, 0.1) is 12.0 Å². The van der Waals surface area contributed by atoms with E-state index in [4.69, 9.17) is 4.74 Å². The van der Waals surface area contributed by atoms with E-state index in [2.05, 4.69) is 15.3 Å². The molecule has 20 heavy (non-hydrogen) atoms. The SMILES string of the molecule is O=C(Nc1nccc(C2CC2)n1)[C@@H]1CCO[C@H]1C1CC1. The van der Waals surface area contributed by atoms with Crippen LogP contribution in [0.15, 0.2) is 12.3 Å². The van der Waals surface area contributed by atoms with E-state index in [1.165, 1.54) is 25.7 Å². The molecule has 0 spiro atoms. The van der Waals surface area contributed by atoms with E-state index in [-0.39, 0.29) is 17.9 Å². The van der Waals surface area contributed by atoms with Crippen LogP contribution in [0.5, 0.6) is 0 Å². The Hall–Kier alpha value is -1.49. The first kappa shape index (κ1) is 12.3. The summed E-state index contributed by atoms with van der Waals surface area (Å²) < 4.78 is 5.72. The molecule has 1 saturated heterocycles. The lowest BCUT2D eigenvalue weighted by Crippen LogP contribution is -2.31. The number of hydrogen-bond acceptors (Lipinski definition) is 4. The molecule has 0 unspecified atom stereocenters. The van der Waals surface area contributed by atoms with Gasteiger partial charge >= 0.3 is 0 Å². The van der Waals surface area contributed by atoms with Gasteiger partial charge in [0.1, 0.15) is 0 Å². The average Bonchev–Trinajstić information content (AvgIpc) is 3.37. The Morgan fingerprint density at radius 1 is 1.25 bits per heavy atom. The lowest BCUT2D eigenvalue weighted by molar-refractivity contribution is -0.121. The van der Waals surface area contributed by atoms with Gasteiger partial charge in [0.15, 0.2) is 0 Å². The van der Waals surface area contributed by atoms with Crippen molar-refractivity contribution in [2.75, 3.05) is 11.9 Å². The highest BCUT2D eigenvalue weighted by molar-refractivity contribution is 5.91. The number of nitrogens with zero attached hydrogens (tertiary/aromatic N) is 2. The summed E-state index contributed by atoms with van der Waals surface area (Å²) in [6, 6.07) is 1.94. The first-order valence-electron chi connectivity index (χ1n) is 7.56. The molecule has 5 heteroatoms. The predicted molar refractivity (Wildman–Crippen MR) is 73.2 cm³/mol. The van der Waals surface area contributed by atoms with E-state index in [1.54, 1.807) is 6.20 Å². The van der Waals surface area contributed by atoms with Gasteiger partial charge in [0.2, 0.25) is 11.9 Å². The largest absolute Gasteiger partial charge is 0.377 e. The summed E-state index contributed by atoms with van der Waals surface area (Å²) in [6.45, 7) is 0.697. The minimum absolute atomic E-state index is 0.0207. The van der Waals surface area contributed by atoms with Gasteiger partial charge in [0.25, 0.3) is 0 Å². The van der Waals surface area contributed by atoms with Gasteiger partial charge in [-0.1, -0.05) is 0 Å². The molecule has 2 atom stereocenters. The minimum Gasteiger partial charge on any atom is -0.377 e. The molecular weight excluding hydrogens is 254 g/mol. The maximum atomic E-state index is 12.4. The zero-order chi connectivity index (χ0) is 13.5. The van der Waals surface area contributed by atoms with Crippen molar-refractivity contribution in [1.82, 2.24) is 9.97 Å². The third kappa shape index (κ3) is 2.42. The van der Waals surface area contributed by atoms with E-state index in [9.17, 15) is 4.79 Å². The van der Waals surface area contributed by atoms with Crippen molar-refractivity contribution in [2.24, 2.45) is 11.8 Å². The Balaban J connectivity index is 1.44. The number of carbonyl (C=O) groups is 1. The van der Waals surface area contributed by atoms with Crippen LogP contribution >= 0.6 is 0 Å². The van der Waals surface area contributed by atoms with Crippen LogP contribution in [0.25, 0.3) is 0 Å². The van der Waals surface area contributed by atoms with Gasteiger partial charge in [0, 0.05) is 24.4 Å². The second-order valence-electron chi connectivity index (χ2n) is 6.14. The molecule has 0 aromatic carbocycles. The van der Waals surface area contributed by atoms with Crippen molar-refractivity contribution in [3.8, 4) is 0 Å². The number of hydrogen-bond donors (Lipinski definition) is 1. The quantitative estimate of drug-likeness (QED) is 0.912. The average molecular weight is 273 g/mol. The monoisotopic (exact) mass is 273 g/mol. The molecule has 4 rings (SSSR count). The Bertz CT molecular complexity index is 526. The summed E-state index contributed by atoms with van der Waals surface area (Å²) >= 11 is 0. The third-order valence-corrected chi connectivity index (χ3v) is 4.47. The number of ether oxygens (including phenoxy) is 1. The fourth-order valence-electron chi connectivity index (χ4n) is 3.02. The smallest absolute Gasteiger partial charge is 0.232 e. The number of rotatable bonds is 4. The Kier molecular flexibility index (Phi) is 2.95. The van der Waals surface area contributed by atoms with Crippen LogP contribution in [-0.4, -0.2) is 28.6 Å². The summed E-state index contributed by atoms with van der Waals surface area (Å²) in [4.78, 5) is 21.0. The summed E-state index contributed by atoms with van der Waals surface area (Å²) in [5, 5.41) is 2.88. The summed E-state index contributed by atoms with van der Waals surface area (Å²) in [5.41, 5.74) is 1.05. The topological polar surface area (TPSA) is 64.1 Å². The third-order valence-electron chi connectivity index (χ3n) is 4.47. The van der Waals surface area contributed by atoms with Crippen molar-refractivity contribution in [2.45, 2.75) is 44.1 Å². The van der Waals surface area contributed by atoms with Crippen molar-refractivity contribution in [1.29, 1.82) is 0 Å². The molecular formula is C15H19N3O2. The van der Waals surface area contributed by atoms with Crippen LogP contribution in [0.3, 0.4) is 0 Å². The van der Waals surface area contributed by atoms with Crippen LogP contribution in [0, 0.1) is 11.8 Å². The van der Waals surface area contributed by atoms with Crippen molar-refractivity contribution < 1.29 is 9.53 Å². The highest BCUT2D eigenvalue weighted by Gasteiger charge is 2.43. The summed E-state index contributed by atoms with van der Waals surface area (Å²) in [5.74, 6) is 1.60.